The van der Waals surface area contributed by atoms with E-state index in [1.807, 2.05) is 0 Å². The molecule has 0 unspecified atom stereocenters. The molecule has 1 aliphatic heterocycles. The molecule has 1 heterocycles. The highest BCUT2D eigenvalue weighted by atomic mass is 16.5. The van der Waals surface area contributed by atoms with Crippen molar-refractivity contribution < 1.29 is 4.74 Å². The molecular formula is C13H18O. The molecule has 0 aliphatic carbocycles. The Balaban J connectivity index is 2.38. The summed E-state index contributed by atoms with van der Waals surface area (Å²) >= 11 is 0. The van der Waals surface area contributed by atoms with E-state index in [4.69, 9.17) is 4.74 Å². The van der Waals surface area contributed by atoms with Crippen molar-refractivity contribution in [3.05, 3.63) is 28.8 Å². The third-order valence-corrected chi connectivity index (χ3v) is 2.78. The molecule has 0 radical (unpaired) electrons. The number of rotatable bonds is 2. The number of fused-ring (bicyclic) bond motifs is 1. The molecule has 1 aromatic rings. The van der Waals surface area contributed by atoms with Gasteiger partial charge in [-0.25, -0.2) is 0 Å². The van der Waals surface area contributed by atoms with Gasteiger partial charge in [-0.05, 0) is 30.4 Å². The highest BCUT2D eigenvalue weighted by molar-refractivity contribution is 5.48. The average Bonchev–Trinajstić information content (AvgIpc) is 2.58. The first-order valence-electron chi connectivity index (χ1n) is 5.42. The van der Waals surface area contributed by atoms with Crippen LogP contribution >= 0.6 is 0 Å². The first-order chi connectivity index (χ1) is 6.68. The number of hydrogen-bond acceptors (Lipinski definition) is 1. The van der Waals surface area contributed by atoms with E-state index in [1.54, 1.807) is 0 Å². The smallest absolute Gasteiger partial charge is 0.125 e. The number of benzene rings is 1. The fourth-order valence-corrected chi connectivity index (χ4v) is 2.15. The van der Waals surface area contributed by atoms with Gasteiger partial charge in [-0.2, -0.15) is 0 Å². The lowest BCUT2D eigenvalue weighted by Crippen LogP contribution is -1.98. The Morgan fingerprint density at radius 3 is 2.86 bits per heavy atom. The van der Waals surface area contributed by atoms with E-state index in [0.29, 0.717) is 0 Å². The van der Waals surface area contributed by atoms with E-state index < -0.39 is 0 Å². The van der Waals surface area contributed by atoms with Gasteiger partial charge in [0.2, 0.25) is 0 Å². The molecule has 0 spiro atoms. The zero-order valence-corrected chi connectivity index (χ0v) is 9.26. The highest BCUT2D eigenvalue weighted by Crippen LogP contribution is 2.32. The maximum atomic E-state index is 5.65. The van der Waals surface area contributed by atoms with Crippen molar-refractivity contribution >= 4 is 0 Å². The Bertz CT molecular complexity index is 339. The molecule has 0 saturated heterocycles. The Morgan fingerprint density at radius 2 is 2.14 bits per heavy atom. The third kappa shape index (κ3) is 1.63. The Labute approximate surface area is 86.1 Å². The van der Waals surface area contributed by atoms with Crippen molar-refractivity contribution in [2.24, 2.45) is 5.92 Å². The van der Waals surface area contributed by atoms with Gasteiger partial charge >= 0.3 is 0 Å². The van der Waals surface area contributed by atoms with Gasteiger partial charge < -0.3 is 4.74 Å². The van der Waals surface area contributed by atoms with Crippen molar-refractivity contribution in [1.82, 2.24) is 0 Å². The highest BCUT2D eigenvalue weighted by Gasteiger charge is 2.18. The minimum Gasteiger partial charge on any atom is -0.493 e. The average molecular weight is 190 g/mol. The van der Waals surface area contributed by atoms with Crippen LogP contribution in [0.2, 0.25) is 0 Å². The third-order valence-electron chi connectivity index (χ3n) is 2.78. The van der Waals surface area contributed by atoms with Crippen molar-refractivity contribution in [2.75, 3.05) is 6.61 Å². The van der Waals surface area contributed by atoms with Crippen molar-refractivity contribution in [1.29, 1.82) is 0 Å². The molecule has 1 aliphatic rings. The molecule has 1 aromatic carbocycles. The standard InChI is InChI=1S/C13H18O/c1-9(2)8-11-5-4-10(3)13-12(11)6-7-14-13/h4-5,9H,6-8H2,1-3H3. The van der Waals surface area contributed by atoms with Crippen LogP contribution in [0.5, 0.6) is 5.75 Å². The summed E-state index contributed by atoms with van der Waals surface area (Å²) in [6.45, 7) is 7.53. The van der Waals surface area contributed by atoms with Crippen LogP contribution in [0.25, 0.3) is 0 Å². The lowest BCUT2D eigenvalue weighted by atomic mass is 9.95. The lowest BCUT2D eigenvalue weighted by molar-refractivity contribution is 0.354. The fraction of sp³-hybridized carbons (Fsp3) is 0.538. The maximum absolute atomic E-state index is 5.65. The van der Waals surface area contributed by atoms with Gasteiger partial charge in [0, 0.05) is 12.0 Å². The minimum absolute atomic E-state index is 0.724. The monoisotopic (exact) mass is 190 g/mol. The Morgan fingerprint density at radius 1 is 1.36 bits per heavy atom. The van der Waals surface area contributed by atoms with Gasteiger partial charge in [0.1, 0.15) is 5.75 Å². The topological polar surface area (TPSA) is 9.23 Å². The predicted octanol–water partition coefficient (Wildman–Crippen LogP) is 3.13. The first-order valence-corrected chi connectivity index (χ1v) is 5.42. The summed E-state index contributed by atoms with van der Waals surface area (Å²) in [6.07, 6.45) is 2.27. The van der Waals surface area contributed by atoms with Crippen molar-refractivity contribution in [3.63, 3.8) is 0 Å². The van der Waals surface area contributed by atoms with Gasteiger partial charge in [-0.3, -0.25) is 0 Å². The normalized spacial score (nSPS) is 14.3. The molecule has 0 saturated carbocycles. The number of hydrogen-bond donors (Lipinski definition) is 0. The first kappa shape index (κ1) is 9.57. The molecule has 0 fully saturated rings. The molecule has 0 N–H and O–H groups in total. The summed E-state index contributed by atoms with van der Waals surface area (Å²) in [5.74, 6) is 1.88. The van der Waals surface area contributed by atoms with E-state index >= 15 is 0 Å². The van der Waals surface area contributed by atoms with Gasteiger partial charge in [0.15, 0.2) is 0 Å². The van der Waals surface area contributed by atoms with Crippen LogP contribution < -0.4 is 4.74 Å². The van der Waals surface area contributed by atoms with E-state index in [2.05, 4.69) is 32.9 Å². The van der Waals surface area contributed by atoms with Crippen LogP contribution in [0, 0.1) is 12.8 Å². The van der Waals surface area contributed by atoms with Crippen molar-refractivity contribution in [3.8, 4) is 5.75 Å². The second-order valence-electron chi connectivity index (χ2n) is 4.55. The molecule has 2 rings (SSSR count). The molecule has 76 valence electrons. The molecule has 0 atom stereocenters. The van der Waals surface area contributed by atoms with E-state index in [0.717, 1.165) is 24.7 Å². The van der Waals surface area contributed by atoms with E-state index in [9.17, 15) is 0 Å². The van der Waals surface area contributed by atoms with Crippen LogP contribution in [0.3, 0.4) is 0 Å². The predicted molar refractivity (Wildman–Crippen MR) is 58.9 cm³/mol. The Hall–Kier alpha value is -0.980. The maximum Gasteiger partial charge on any atom is 0.125 e. The van der Waals surface area contributed by atoms with E-state index in [1.165, 1.54) is 23.1 Å². The van der Waals surface area contributed by atoms with Crippen molar-refractivity contribution in [2.45, 2.75) is 33.6 Å². The minimum atomic E-state index is 0.724. The quantitative estimate of drug-likeness (QED) is 0.696. The van der Waals surface area contributed by atoms with Gasteiger partial charge in [0.25, 0.3) is 0 Å². The summed E-state index contributed by atoms with van der Waals surface area (Å²) in [5, 5.41) is 0. The molecule has 0 aromatic heterocycles. The van der Waals surface area contributed by atoms with Gasteiger partial charge in [0.05, 0.1) is 6.61 Å². The SMILES string of the molecule is Cc1ccc(CC(C)C)c2c1OCC2. The molecule has 1 heteroatoms. The van der Waals surface area contributed by atoms with Crippen LogP contribution in [0.15, 0.2) is 12.1 Å². The van der Waals surface area contributed by atoms with Crippen LogP contribution in [0.1, 0.15) is 30.5 Å². The van der Waals surface area contributed by atoms with Gasteiger partial charge in [-0.15, -0.1) is 0 Å². The summed E-state index contributed by atoms with van der Waals surface area (Å²) in [4.78, 5) is 0. The second-order valence-corrected chi connectivity index (χ2v) is 4.55. The fourth-order valence-electron chi connectivity index (χ4n) is 2.15. The summed E-state index contributed by atoms with van der Waals surface area (Å²) in [5.41, 5.74) is 4.22. The zero-order valence-electron chi connectivity index (χ0n) is 9.26. The molecule has 1 nitrogen and oxygen atoms in total. The lowest BCUT2D eigenvalue weighted by Gasteiger charge is -2.11. The second kappa shape index (κ2) is 3.64. The summed E-state index contributed by atoms with van der Waals surface area (Å²) in [7, 11) is 0. The number of aryl methyl sites for hydroxylation is 1. The van der Waals surface area contributed by atoms with Gasteiger partial charge in [-0.1, -0.05) is 26.0 Å². The summed E-state index contributed by atoms with van der Waals surface area (Å²) in [6, 6.07) is 4.45. The molecule has 0 bridgehead atoms. The molecule has 14 heavy (non-hydrogen) atoms. The zero-order chi connectivity index (χ0) is 10.1. The molecular weight excluding hydrogens is 172 g/mol. The van der Waals surface area contributed by atoms with Crippen LogP contribution in [-0.4, -0.2) is 6.61 Å². The van der Waals surface area contributed by atoms with E-state index in [-0.39, 0.29) is 0 Å². The number of ether oxygens (including phenoxy) is 1. The largest absolute Gasteiger partial charge is 0.493 e. The molecule has 0 amide bonds. The van der Waals surface area contributed by atoms with Crippen LogP contribution in [0.4, 0.5) is 0 Å². The summed E-state index contributed by atoms with van der Waals surface area (Å²) < 4.78 is 5.65. The van der Waals surface area contributed by atoms with Crippen LogP contribution in [-0.2, 0) is 12.8 Å². The Kier molecular flexibility index (Phi) is 2.49.